The Labute approximate surface area is 65.1 Å². The predicted octanol–water partition coefficient (Wildman–Crippen LogP) is -0.331. The molecule has 1 rings (SSSR count). The Kier molecular flexibility index (Phi) is 2.01. The van der Waals surface area contributed by atoms with Gasteiger partial charge in [-0.1, -0.05) is 0 Å². The molecular weight excluding hydrogens is 148 g/mol. The van der Waals surface area contributed by atoms with Crippen LogP contribution in [0.1, 0.15) is 0 Å². The normalized spacial score (nSPS) is 35.7. The molecule has 0 unspecified atom stereocenters. The van der Waals surface area contributed by atoms with Crippen molar-refractivity contribution in [2.75, 3.05) is 27.2 Å². The van der Waals surface area contributed by atoms with Gasteiger partial charge in [-0.15, -0.1) is 0 Å². The molecule has 0 radical (unpaired) electrons. The highest BCUT2D eigenvalue weighted by molar-refractivity contribution is 5.67. The van der Waals surface area contributed by atoms with Crippen molar-refractivity contribution in [1.82, 2.24) is 5.32 Å². The highest BCUT2D eigenvalue weighted by atomic mass is 16.6. The van der Waals surface area contributed by atoms with Crippen molar-refractivity contribution < 1.29 is 14.2 Å². The Morgan fingerprint density at radius 3 is 2.64 bits per heavy atom. The largest absolute Gasteiger partial charge is 0.633 e. The van der Waals surface area contributed by atoms with Gasteiger partial charge >= 0.3 is 6.09 Å². The maximum absolute atomic E-state index is 11.0. The maximum atomic E-state index is 11.0. The molecule has 0 atom stereocenters. The van der Waals surface area contributed by atoms with Crippen molar-refractivity contribution >= 4 is 6.09 Å². The molecule has 0 spiro atoms. The topological polar surface area (TPSA) is 61.4 Å². The van der Waals surface area contributed by atoms with Gasteiger partial charge in [0.2, 0.25) is 0 Å². The van der Waals surface area contributed by atoms with Crippen molar-refractivity contribution in [2.24, 2.45) is 0 Å². The number of amides is 1. The Morgan fingerprint density at radius 1 is 1.73 bits per heavy atom. The van der Waals surface area contributed by atoms with Crippen molar-refractivity contribution in [3.63, 3.8) is 0 Å². The Morgan fingerprint density at radius 2 is 2.27 bits per heavy atom. The lowest BCUT2D eigenvalue weighted by molar-refractivity contribution is -0.903. The summed E-state index contributed by atoms with van der Waals surface area (Å²) in [5.74, 6) is 0. The van der Waals surface area contributed by atoms with Crippen LogP contribution in [0.3, 0.4) is 0 Å². The molecule has 0 aromatic rings. The van der Waals surface area contributed by atoms with Crippen LogP contribution >= 0.6 is 0 Å². The van der Waals surface area contributed by atoms with Crippen molar-refractivity contribution in [3.8, 4) is 0 Å². The average Bonchev–Trinajstić information content (AvgIpc) is 1.83. The van der Waals surface area contributed by atoms with E-state index in [0.29, 0.717) is 13.1 Å². The number of nitrogens with zero attached hydrogens (tertiary/aromatic N) is 1. The fourth-order valence-corrected chi connectivity index (χ4v) is 1.20. The molecule has 0 aromatic carbocycles. The third-order valence-corrected chi connectivity index (χ3v) is 1.72. The van der Waals surface area contributed by atoms with E-state index in [1.165, 1.54) is 7.11 Å². The van der Waals surface area contributed by atoms with Crippen molar-refractivity contribution in [1.29, 1.82) is 0 Å². The number of methoxy groups -OCH3 is 1. The van der Waals surface area contributed by atoms with E-state index in [-0.39, 0.29) is 10.7 Å². The first kappa shape index (κ1) is 8.29. The van der Waals surface area contributed by atoms with E-state index in [1.807, 2.05) is 0 Å². The van der Waals surface area contributed by atoms with Crippen LogP contribution in [0.15, 0.2) is 0 Å². The zero-order valence-electron chi connectivity index (χ0n) is 6.66. The molecule has 0 saturated carbocycles. The third-order valence-electron chi connectivity index (χ3n) is 1.72. The maximum Gasteiger partial charge on any atom is 0.407 e. The molecule has 1 aliphatic heterocycles. The van der Waals surface area contributed by atoms with Crippen LogP contribution in [0.25, 0.3) is 0 Å². The number of hydrogen-bond acceptors (Lipinski definition) is 3. The standard InChI is InChI=1S/C6H12N2O3/c1-8(10)3-5(4-8)7-6(9)11-2/h5H,3-4H2,1-2H3,(H,7,9). The molecule has 0 aliphatic carbocycles. The monoisotopic (exact) mass is 160 g/mol. The van der Waals surface area contributed by atoms with Crippen LogP contribution < -0.4 is 5.32 Å². The molecule has 0 bridgehead atoms. The van der Waals surface area contributed by atoms with Gasteiger partial charge in [0.25, 0.3) is 0 Å². The Balaban J connectivity index is 2.19. The summed E-state index contributed by atoms with van der Waals surface area (Å²) in [5.41, 5.74) is 0. The lowest BCUT2D eigenvalue weighted by Crippen LogP contribution is -2.66. The van der Waals surface area contributed by atoms with Crippen LogP contribution in [0.5, 0.6) is 0 Å². The van der Waals surface area contributed by atoms with Crippen LogP contribution in [-0.2, 0) is 4.74 Å². The third kappa shape index (κ3) is 2.06. The van der Waals surface area contributed by atoms with Crippen LogP contribution in [0.4, 0.5) is 4.79 Å². The summed E-state index contributed by atoms with van der Waals surface area (Å²) in [4.78, 5) is 10.6. The SMILES string of the molecule is COC(=O)NC1C[N+](C)([O-])C1. The van der Waals surface area contributed by atoms with E-state index in [4.69, 9.17) is 0 Å². The molecule has 1 amide bonds. The number of likely N-dealkylation sites (tertiary alicyclic amines) is 1. The van der Waals surface area contributed by atoms with E-state index in [0.717, 1.165) is 0 Å². The van der Waals surface area contributed by atoms with Gasteiger partial charge in [-0.25, -0.2) is 4.79 Å². The molecule has 0 aromatic heterocycles. The van der Waals surface area contributed by atoms with Crippen LogP contribution in [0.2, 0.25) is 0 Å². The molecular formula is C6H12N2O3. The predicted molar refractivity (Wildman–Crippen MR) is 38.6 cm³/mol. The second kappa shape index (κ2) is 2.67. The molecule has 1 fully saturated rings. The van der Waals surface area contributed by atoms with Gasteiger partial charge in [-0.05, 0) is 0 Å². The van der Waals surface area contributed by atoms with Gasteiger partial charge in [0, 0.05) is 0 Å². The summed E-state index contributed by atoms with van der Waals surface area (Å²) in [7, 11) is 2.88. The van der Waals surface area contributed by atoms with Crippen LogP contribution in [-0.4, -0.2) is 44.0 Å². The lowest BCUT2D eigenvalue weighted by atomic mass is 10.1. The number of hydrogen-bond donors (Lipinski definition) is 1. The summed E-state index contributed by atoms with van der Waals surface area (Å²) in [6.45, 7) is 0.879. The minimum Gasteiger partial charge on any atom is -0.633 e. The Hall–Kier alpha value is -0.810. The number of likely N-dealkylation sites (N-methyl/N-ethyl adjacent to an activating group) is 1. The first-order chi connectivity index (χ1) is 5.03. The number of carbonyl (C=O) groups excluding carboxylic acids is 1. The van der Waals surface area contributed by atoms with Crippen LogP contribution in [0, 0.1) is 5.21 Å². The van der Waals surface area contributed by atoms with Gasteiger partial charge < -0.3 is 19.9 Å². The Bertz CT molecular complexity index is 161. The second-order valence-corrected chi connectivity index (χ2v) is 2.99. The summed E-state index contributed by atoms with van der Waals surface area (Å²) >= 11 is 0. The van der Waals surface area contributed by atoms with E-state index in [9.17, 15) is 10.0 Å². The zero-order chi connectivity index (χ0) is 8.48. The summed E-state index contributed by atoms with van der Waals surface area (Å²) in [6.07, 6.45) is -0.463. The molecule has 11 heavy (non-hydrogen) atoms. The fraction of sp³-hybridized carbons (Fsp3) is 0.833. The number of alkyl carbamates (subject to hydrolysis) is 1. The fourth-order valence-electron chi connectivity index (χ4n) is 1.20. The highest BCUT2D eigenvalue weighted by Gasteiger charge is 2.34. The van der Waals surface area contributed by atoms with E-state index in [1.54, 1.807) is 7.05 Å². The van der Waals surface area contributed by atoms with E-state index < -0.39 is 6.09 Å². The molecule has 1 N–H and O–H groups in total. The van der Waals surface area contributed by atoms with Gasteiger partial charge in [-0.2, -0.15) is 0 Å². The molecule has 64 valence electrons. The molecule has 1 heterocycles. The minimum absolute atomic E-state index is 0.00931. The number of ether oxygens (including phenoxy) is 1. The van der Waals surface area contributed by atoms with E-state index >= 15 is 0 Å². The zero-order valence-corrected chi connectivity index (χ0v) is 6.66. The van der Waals surface area contributed by atoms with Gasteiger partial charge in [0.15, 0.2) is 0 Å². The molecule has 1 saturated heterocycles. The highest BCUT2D eigenvalue weighted by Crippen LogP contribution is 2.14. The van der Waals surface area contributed by atoms with E-state index in [2.05, 4.69) is 10.1 Å². The number of carbonyl (C=O) groups is 1. The smallest absolute Gasteiger partial charge is 0.407 e. The summed E-state index contributed by atoms with van der Waals surface area (Å²) in [5, 5.41) is 13.5. The number of quaternary nitrogens is 1. The minimum atomic E-state index is -0.463. The first-order valence-corrected chi connectivity index (χ1v) is 3.43. The molecule has 5 heteroatoms. The molecule has 1 aliphatic rings. The average molecular weight is 160 g/mol. The van der Waals surface area contributed by atoms with Gasteiger partial charge in [-0.3, -0.25) is 0 Å². The van der Waals surface area contributed by atoms with Crippen molar-refractivity contribution in [3.05, 3.63) is 5.21 Å². The first-order valence-electron chi connectivity index (χ1n) is 3.43. The summed E-state index contributed by atoms with van der Waals surface area (Å²) < 4.78 is 4.10. The number of hydroxylamine groups is 3. The quantitative estimate of drug-likeness (QED) is 0.422. The van der Waals surface area contributed by atoms with Gasteiger partial charge in [0.1, 0.15) is 19.1 Å². The molecule has 5 nitrogen and oxygen atoms in total. The second-order valence-electron chi connectivity index (χ2n) is 2.99. The number of rotatable bonds is 1. The van der Waals surface area contributed by atoms with Crippen molar-refractivity contribution in [2.45, 2.75) is 6.04 Å². The number of nitrogens with one attached hydrogen (secondary N) is 1. The lowest BCUT2D eigenvalue weighted by Gasteiger charge is -2.50. The van der Waals surface area contributed by atoms with Gasteiger partial charge in [0.05, 0.1) is 14.2 Å². The summed E-state index contributed by atoms with van der Waals surface area (Å²) in [6, 6.07) is -0.00931.